The van der Waals surface area contributed by atoms with Crippen LogP contribution in [0.2, 0.25) is 0 Å². The van der Waals surface area contributed by atoms with Gasteiger partial charge in [0.15, 0.2) is 0 Å². The summed E-state index contributed by atoms with van der Waals surface area (Å²) < 4.78 is 5.01. The normalized spacial score (nSPS) is 10.0. The number of hydrogen-bond donors (Lipinski definition) is 2. The van der Waals surface area contributed by atoms with E-state index in [-0.39, 0.29) is 30.1 Å². The Morgan fingerprint density at radius 1 is 1.17 bits per heavy atom. The van der Waals surface area contributed by atoms with E-state index in [1.165, 1.54) is 12.1 Å². The van der Waals surface area contributed by atoms with Crippen LogP contribution in [-0.2, 0) is 16.1 Å². The fourth-order valence-electron chi connectivity index (χ4n) is 1.89. The van der Waals surface area contributed by atoms with Crippen molar-refractivity contribution >= 4 is 23.3 Å². The van der Waals surface area contributed by atoms with Gasteiger partial charge < -0.3 is 15.8 Å². The molecule has 0 aliphatic heterocycles. The number of hydrogen-bond acceptors (Lipinski definition) is 6. The maximum atomic E-state index is 11.9. The van der Waals surface area contributed by atoms with Crippen LogP contribution in [0.25, 0.3) is 0 Å². The van der Waals surface area contributed by atoms with Gasteiger partial charge in [-0.05, 0) is 17.7 Å². The molecule has 2 aromatic carbocycles. The van der Waals surface area contributed by atoms with Crippen molar-refractivity contribution in [2.24, 2.45) is 0 Å². The van der Waals surface area contributed by atoms with Gasteiger partial charge in [-0.2, -0.15) is 0 Å². The van der Waals surface area contributed by atoms with Crippen LogP contribution in [0, 0.1) is 10.1 Å². The van der Waals surface area contributed by atoms with Gasteiger partial charge in [-0.25, -0.2) is 0 Å². The monoisotopic (exact) mass is 329 g/mol. The lowest BCUT2D eigenvalue weighted by Gasteiger charge is -2.07. The number of rotatable bonds is 6. The molecule has 0 aliphatic rings. The number of carbonyl (C=O) groups excluding carboxylic acids is 2. The average Bonchev–Trinajstić information content (AvgIpc) is 2.59. The van der Waals surface area contributed by atoms with Crippen LogP contribution in [0.3, 0.4) is 0 Å². The molecule has 124 valence electrons. The predicted octanol–water partition coefficient (Wildman–Crippen LogP) is 1.65. The van der Waals surface area contributed by atoms with Crippen LogP contribution in [-0.4, -0.2) is 23.3 Å². The Hall–Kier alpha value is -3.42. The maximum Gasteiger partial charge on any atom is 0.325 e. The van der Waals surface area contributed by atoms with Crippen LogP contribution in [0.15, 0.2) is 48.5 Å². The Labute approximate surface area is 137 Å². The molecular weight excluding hydrogens is 314 g/mol. The predicted molar refractivity (Wildman–Crippen MR) is 86.1 cm³/mol. The quantitative estimate of drug-likeness (QED) is 0.359. The Kier molecular flexibility index (Phi) is 5.45. The molecule has 2 aromatic rings. The average molecular weight is 329 g/mol. The minimum Gasteiger partial charge on any atom is -0.460 e. The lowest BCUT2D eigenvalue weighted by molar-refractivity contribution is -0.383. The SMILES string of the molecule is Nc1ccc(C(=O)NCC(=O)OCc2ccccc2)cc1[N+](=O)[O-]. The van der Waals surface area contributed by atoms with Crippen molar-refractivity contribution in [1.82, 2.24) is 5.32 Å². The zero-order valence-corrected chi connectivity index (χ0v) is 12.6. The Bertz CT molecular complexity index is 762. The van der Waals surface area contributed by atoms with Gasteiger partial charge in [0, 0.05) is 11.6 Å². The van der Waals surface area contributed by atoms with Gasteiger partial charge in [-0.1, -0.05) is 30.3 Å². The summed E-state index contributed by atoms with van der Waals surface area (Å²) in [6.07, 6.45) is 0. The van der Waals surface area contributed by atoms with Crippen LogP contribution < -0.4 is 11.1 Å². The van der Waals surface area contributed by atoms with E-state index in [2.05, 4.69) is 5.32 Å². The topological polar surface area (TPSA) is 125 Å². The summed E-state index contributed by atoms with van der Waals surface area (Å²) in [6.45, 7) is -0.243. The summed E-state index contributed by atoms with van der Waals surface area (Å²) in [5.74, 6) is -1.24. The zero-order chi connectivity index (χ0) is 17.5. The molecule has 1 amide bonds. The molecule has 8 nitrogen and oxygen atoms in total. The first-order chi connectivity index (χ1) is 11.5. The number of benzene rings is 2. The summed E-state index contributed by atoms with van der Waals surface area (Å²) in [5, 5.41) is 13.1. The minimum absolute atomic E-state index is 0.0340. The minimum atomic E-state index is -0.680. The third-order valence-electron chi connectivity index (χ3n) is 3.13. The lowest BCUT2D eigenvalue weighted by atomic mass is 10.1. The van der Waals surface area contributed by atoms with E-state index >= 15 is 0 Å². The molecule has 0 radical (unpaired) electrons. The van der Waals surface area contributed by atoms with Gasteiger partial charge in [0.2, 0.25) is 0 Å². The third kappa shape index (κ3) is 4.54. The molecule has 8 heteroatoms. The number of nitrogens with two attached hydrogens (primary N) is 1. The molecule has 24 heavy (non-hydrogen) atoms. The van der Waals surface area contributed by atoms with E-state index < -0.39 is 16.8 Å². The van der Waals surface area contributed by atoms with Crippen molar-refractivity contribution in [3.05, 3.63) is 69.8 Å². The van der Waals surface area contributed by atoms with Gasteiger partial charge in [0.05, 0.1) is 4.92 Å². The molecular formula is C16H15N3O5. The second-order valence-electron chi connectivity index (χ2n) is 4.86. The largest absolute Gasteiger partial charge is 0.460 e. The molecule has 3 N–H and O–H groups in total. The zero-order valence-electron chi connectivity index (χ0n) is 12.6. The highest BCUT2D eigenvalue weighted by Crippen LogP contribution is 2.22. The summed E-state index contributed by atoms with van der Waals surface area (Å²) in [4.78, 5) is 33.7. The van der Waals surface area contributed by atoms with Gasteiger partial charge in [0.1, 0.15) is 18.8 Å². The molecule has 0 spiro atoms. The van der Waals surface area contributed by atoms with Crippen molar-refractivity contribution in [3.63, 3.8) is 0 Å². The van der Waals surface area contributed by atoms with Crippen LogP contribution >= 0.6 is 0 Å². The molecule has 0 aromatic heterocycles. The van der Waals surface area contributed by atoms with Crippen LogP contribution in [0.4, 0.5) is 11.4 Å². The lowest BCUT2D eigenvalue weighted by Crippen LogP contribution is -2.30. The standard InChI is InChI=1S/C16H15N3O5/c17-13-7-6-12(8-14(13)19(22)23)16(21)18-9-15(20)24-10-11-4-2-1-3-5-11/h1-8H,9-10,17H2,(H,18,21). The van der Waals surface area contributed by atoms with E-state index in [4.69, 9.17) is 10.5 Å². The van der Waals surface area contributed by atoms with Crippen molar-refractivity contribution in [1.29, 1.82) is 0 Å². The summed E-state index contributed by atoms with van der Waals surface area (Å²) in [7, 11) is 0. The van der Waals surface area contributed by atoms with E-state index in [0.717, 1.165) is 11.6 Å². The van der Waals surface area contributed by atoms with Crippen molar-refractivity contribution in [2.45, 2.75) is 6.61 Å². The molecule has 0 atom stereocenters. The number of nitrogens with zero attached hydrogens (tertiary/aromatic N) is 1. The smallest absolute Gasteiger partial charge is 0.325 e. The number of nitro groups is 1. The molecule has 0 unspecified atom stereocenters. The molecule has 0 aliphatic carbocycles. The summed E-state index contributed by atoms with van der Waals surface area (Å²) in [6, 6.07) is 12.8. The number of carbonyl (C=O) groups is 2. The first kappa shape index (κ1) is 16.9. The first-order valence-corrected chi connectivity index (χ1v) is 6.99. The molecule has 0 heterocycles. The second kappa shape index (κ2) is 7.73. The van der Waals surface area contributed by atoms with E-state index in [1.54, 1.807) is 12.1 Å². The highest BCUT2D eigenvalue weighted by atomic mass is 16.6. The molecule has 0 saturated carbocycles. The number of ether oxygens (including phenoxy) is 1. The number of anilines is 1. The fraction of sp³-hybridized carbons (Fsp3) is 0.125. The molecule has 0 bridgehead atoms. The Morgan fingerprint density at radius 3 is 2.54 bits per heavy atom. The number of amides is 1. The van der Waals surface area contributed by atoms with E-state index in [0.29, 0.717) is 0 Å². The highest BCUT2D eigenvalue weighted by Gasteiger charge is 2.16. The van der Waals surface area contributed by atoms with Crippen molar-refractivity contribution in [2.75, 3.05) is 12.3 Å². The number of nitrogens with one attached hydrogen (secondary N) is 1. The van der Waals surface area contributed by atoms with Crippen LogP contribution in [0.1, 0.15) is 15.9 Å². The first-order valence-electron chi connectivity index (χ1n) is 6.99. The Balaban J connectivity index is 1.87. The fourth-order valence-corrected chi connectivity index (χ4v) is 1.89. The second-order valence-corrected chi connectivity index (χ2v) is 4.86. The Morgan fingerprint density at radius 2 is 1.88 bits per heavy atom. The van der Waals surface area contributed by atoms with Gasteiger partial charge in [-0.15, -0.1) is 0 Å². The van der Waals surface area contributed by atoms with Crippen LogP contribution in [0.5, 0.6) is 0 Å². The van der Waals surface area contributed by atoms with Gasteiger partial charge >= 0.3 is 5.97 Å². The van der Waals surface area contributed by atoms with Gasteiger partial charge in [0.25, 0.3) is 11.6 Å². The van der Waals surface area contributed by atoms with E-state index in [9.17, 15) is 19.7 Å². The number of esters is 1. The summed E-state index contributed by atoms with van der Waals surface area (Å²) >= 11 is 0. The van der Waals surface area contributed by atoms with Crippen molar-refractivity contribution < 1.29 is 19.2 Å². The third-order valence-corrected chi connectivity index (χ3v) is 3.13. The highest BCUT2D eigenvalue weighted by molar-refractivity contribution is 5.97. The molecule has 2 rings (SSSR count). The van der Waals surface area contributed by atoms with Crippen molar-refractivity contribution in [3.8, 4) is 0 Å². The molecule has 0 saturated heterocycles. The van der Waals surface area contributed by atoms with Gasteiger partial charge in [-0.3, -0.25) is 19.7 Å². The molecule has 0 fully saturated rings. The summed E-state index contributed by atoms with van der Waals surface area (Å²) in [5.41, 5.74) is 5.91. The number of nitro benzene ring substituents is 1. The van der Waals surface area contributed by atoms with E-state index in [1.807, 2.05) is 18.2 Å². The number of nitrogen functional groups attached to an aromatic ring is 1. The maximum absolute atomic E-state index is 11.9.